The second-order valence-electron chi connectivity index (χ2n) is 5.83. The molecule has 2 aliphatic heterocycles. The first-order valence-corrected chi connectivity index (χ1v) is 8.82. The third-order valence-electron chi connectivity index (χ3n) is 4.15. The van der Waals surface area contributed by atoms with E-state index >= 15 is 0 Å². The lowest BCUT2D eigenvalue weighted by atomic mass is 10.1. The van der Waals surface area contributed by atoms with Gasteiger partial charge in [0.05, 0.1) is 12.3 Å². The Balaban J connectivity index is 1.69. The summed E-state index contributed by atoms with van der Waals surface area (Å²) in [7, 11) is 0. The van der Waals surface area contributed by atoms with Crippen LogP contribution in [-0.4, -0.2) is 83.6 Å². The van der Waals surface area contributed by atoms with Gasteiger partial charge in [-0.15, -0.1) is 0 Å². The van der Waals surface area contributed by atoms with Gasteiger partial charge in [0, 0.05) is 39.3 Å². The van der Waals surface area contributed by atoms with Crippen molar-refractivity contribution < 1.29 is 22.8 Å². The minimum absolute atomic E-state index is 0.108. The van der Waals surface area contributed by atoms with Crippen molar-refractivity contribution >= 4 is 23.6 Å². The van der Waals surface area contributed by atoms with E-state index in [4.69, 9.17) is 0 Å². The molecule has 2 aliphatic rings. The monoisotopic (exact) mass is 353 g/mol. The van der Waals surface area contributed by atoms with Gasteiger partial charge in [-0.1, -0.05) is 0 Å². The minimum Gasteiger partial charge on any atom is -0.342 e. The summed E-state index contributed by atoms with van der Waals surface area (Å²) < 4.78 is 36.3. The van der Waals surface area contributed by atoms with Crippen LogP contribution in [0.2, 0.25) is 0 Å². The Morgan fingerprint density at radius 2 is 1.39 bits per heavy atom. The van der Waals surface area contributed by atoms with Crippen LogP contribution < -0.4 is 0 Å². The molecule has 0 N–H and O–H groups in total. The van der Waals surface area contributed by atoms with Crippen molar-refractivity contribution in [3.63, 3.8) is 0 Å². The molecule has 2 heterocycles. The van der Waals surface area contributed by atoms with Crippen molar-refractivity contribution in [3.8, 4) is 0 Å². The number of thioether (sulfide) groups is 1. The molecule has 2 rings (SSSR count). The van der Waals surface area contributed by atoms with Crippen LogP contribution in [0, 0.1) is 0 Å². The first kappa shape index (κ1) is 18.4. The Kier molecular flexibility index (Phi) is 6.58. The van der Waals surface area contributed by atoms with Gasteiger partial charge in [0.1, 0.15) is 0 Å². The first-order chi connectivity index (χ1) is 10.8. The minimum atomic E-state index is -4.38. The lowest BCUT2D eigenvalue weighted by molar-refractivity contribution is -0.134. The highest BCUT2D eigenvalue weighted by atomic mass is 32.2. The molecule has 0 unspecified atom stereocenters. The van der Waals surface area contributed by atoms with E-state index in [1.54, 1.807) is 0 Å². The molecule has 0 aromatic carbocycles. The van der Waals surface area contributed by atoms with Crippen LogP contribution in [0.25, 0.3) is 0 Å². The maximum Gasteiger partial charge on any atom is 0.442 e. The summed E-state index contributed by atoms with van der Waals surface area (Å²) in [6.07, 6.45) is 3.26. The zero-order valence-corrected chi connectivity index (χ0v) is 13.8. The zero-order valence-electron chi connectivity index (χ0n) is 13.0. The molecule has 132 valence electrons. The summed E-state index contributed by atoms with van der Waals surface area (Å²) in [6.45, 7) is 3.77. The molecule has 0 atom stereocenters. The summed E-state index contributed by atoms with van der Waals surface area (Å²) in [5, 5.41) is 0. The number of rotatable bonds is 4. The topological polar surface area (TPSA) is 43.9 Å². The van der Waals surface area contributed by atoms with Crippen molar-refractivity contribution in [1.82, 2.24) is 14.7 Å². The van der Waals surface area contributed by atoms with Crippen LogP contribution >= 0.6 is 11.8 Å². The van der Waals surface area contributed by atoms with Crippen LogP contribution in [0.5, 0.6) is 0 Å². The van der Waals surface area contributed by atoms with E-state index in [9.17, 15) is 22.8 Å². The van der Waals surface area contributed by atoms with Crippen molar-refractivity contribution in [2.24, 2.45) is 0 Å². The number of nitrogens with zero attached hydrogens (tertiary/aromatic N) is 3. The van der Waals surface area contributed by atoms with E-state index in [2.05, 4.69) is 0 Å². The maximum atomic E-state index is 12.2. The Labute approximate surface area is 138 Å². The number of carbonyl (C=O) groups is 2. The third kappa shape index (κ3) is 6.21. The summed E-state index contributed by atoms with van der Waals surface area (Å²) in [4.78, 5) is 29.2. The van der Waals surface area contributed by atoms with Gasteiger partial charge in [0.25, 0.3) is 0 Å². The summed E-state index contributed by atoms with van der Waals surface area (Å²) in [5.41, 5.74) is -4.38. The number of hydrogen-bond acceptors (Lipinski definition) is 4. The van der Waals surface area contributed by atoms with Crippen LogP contribution in [0.4, 0.5) is 13.2 Å². The predicted octanol–water partition coefficient (Wildman–Crippen LogP) is 1.40. The fraction of sp³-hybridized carbons (Fsp3) is 0.857. The van der Waals surface area contributed by atoms with E-state index < -0.39 is 17.2 Å². The second-order valence-corrected chi connectivity index (χ2v) is 6.87. The summed E-state index contributed by atoms with van der Waals surface area (Å²) in [6, 6.07) is 0. The van der Waals surface area contributed by atoms with Crippen molar-refractivity contribution in [2.45, 2.75) is 24.8 Å². The number of piperidine rings is 1. The number of alkyl halides is 3. The van der Waals surface area contributed by atoms with Gasteiger partial charge < -0.3 is 9.80 Å². The Hall–Kier alpha value is -0.960. The molecule has 0 radical (unpaired) electrons. The van der Waals surface area contributed by atoms with Crippen LogP contribution in [0.3, 0.4) is 0 Å². The number of carbonyl (C=O) groups excluding carboxylic acids is 2. The average Bonchev–Trinajstić information content (AvgIpc) is 2.53. The molecule has 0 aromatic rings. The quantitative estimate of drug-likeness (QED) is 0.766. The Bertz CT molecular complexity index is 420. The number of hydrogen-bond donors (Lipinski definition) is 0. The largest absolute Gasteiger partial charge is 0.442 e. The van der Waals surface area contributed by atoms with Crippen molar-refractivity contribution in [1.29, 1.82) is 0 Å². The van der Waals surface area contributed by atoms with E-state index in [1.807, 2.05) is 9.80 Å². The number of likely N-dealkylation sites (tertiary alicyclic amines) is 1. The normalized spacial score (nSPS) is 20.7. The molecule has 0 spiro atoms. The van der Waals surface area contributed by atoms with Gasteiger partial charge in [0.2, 0.25) is 11.8 Å². The third-order valence-corrected chi connectivity index (χ3v) is 4.87. The highest BCUT2D eigenvalue weighted by molar-refractivity contribution is 8.00. The summed E-state index contributed by atoms with van der Waals surface area (Å²) in [5.74, 6) is -0.956. The molecule has 2 amide bonds. The molecule has 9 heteroatoms. The molecule has 0 aromatic heterocycles. The molecular formula is C14H22F3N3O2S. The molecule has 0 aliphatic carbocycles. The van der Waals surface area contributed by atoms with Gasteiger partial charge in [-0.3, -0.25) is 14.5 Å². The molecule has 0 bridgehead atoms. The van der Waals surface area contributed by atoms with Gasteiger partial charge in [-0.05, 0) is 31.0 Å². The molecule has 2 fully saturated rings. The number of piperazine rings is 1. The molecule has 2 saturated heterocycles. The van der Waals surface area contributed by atoms with Crippen LogP contribution in [-0.2, 0) is 9.59 Å². The maximum absolute atomic E-state index is 12.2. The van der Waals surface area contributed by atoms with Gasteiger partial charge in [-0.25, -0.2) is 0 Å². The summed E-state index contributed by atoms with van der Waals surface area (Å²) >= 11 is -0.300. The lowest BCUT2D eigenvalue weighted by Gasteiger charge is -2.36. The van der Waals surface area contributed by atoms with E-state index in [0.29, 0.717) is 32.7 Å². The lowest BCUT2D eigenvalue weighted by Crippen LogP contribution is -2.52. The standard InChI is InChI=1S/C14H22F3N3O2S/c15-14(16,17)23-11-13(22)20-8-6-18(7-9-20)10-12(21)19-4-2-1-3-5-19/h1-11H2. The highest BCUT2D eigenvalue weighted by Gasteiger charge is 2.31. The smallest absolute Gasteiger partial charge is 0.342 e. The SMILES string of the molecule is O=C(CSC(F)(F)F)N1CCN(CC(=O)N2CCCCC2)CC1. The number of amides is 2. The van der Waals surface area contributed by atoms with Crippen molar-refractivity contribution in [2.75, 3.05) is 51.6 Å². The van der Waals surface area contributed by atoms with E-state index in [1.165, 1.54) is 11.3 Å². The van der Waals surface area contributed by atoms with Gasteiger partial charge in [0.15, 0.2) is 0 Å². The van der Waals surface area contributed by atoms with Crippen molar-refractivity contribution in [3.05, 3.63) is 0 Å². The predicted molar refractivity (Wildman–Crippen MR) is 82.0 cm³/mol. The van der Waals surface area contributed by atoms with E-state index in [0.717, 1.165) is 25.9 Å². The van der Waals surface area contributed by atoms with Crippen LogP contribution in [0.1, 0.15) is 19.3 Å². The Morgan fingerprint density at radius 1 is 0.826 bits per heavy atom. The molecular weight excluding hydrogens is 331 g/mol. The van der Waals surface area contributed by atoms with Crippen LogP contribution in [0.15, 0.2) is 0 Å². The first-order valence-electron chi connectivity index (χ1n) is 7.84. The molecule has 5 nitrogen and oxygen atoms in total. The fourth-order valence-corrected chi connectivity index (χ4v) is 3.29. The van der Waals surface area contributed by atoms with Gasteiger partial charge in [-0.2, -0.15) is 13.2 Å². The van der Waals surface area contributed by atoms with Gasteiger partial charge >= 0.3 is 5.51 Å². The highest BCUT2D eigenvalue weighted by Crippen LogP contribution is 2.30. The average molecular weight is 353 g/mol. The Morgan fingerprint density at radius 3 is 1.96 bits per heavy atom. The second kappa shape index (κ2) is 8.23. The zero-order chi connectivity index (χ0) is 16.9. The number of halogens is 3. The van der Waals surface area contributed by atoms with E-state index in [-0.39, 0.29) is 17.7 Å². The molecule has 0 saturated carbocycles. The fourth-order valence-electron chi connectivity index (χ4n) is 2.82. The molecule has 23 heavy (non-hydrogen) atoms.